The van der Waals surface area contributed by atoms with Gasteiger partial charge in [0, 0.05) is 0 Å². The van der Waals surface area contributed by atoms with Crippen LogP contribution >= 0.6 is 0 Å². The van der Waals surface area contributed by atoms with Crippen LogP contribution < -0.4 is 0 Å². The number of isocyanates is 2. The first-order valence-electron chi connectivity index (χ1n) is 7.40. The number of benzene rings is 2. The van der Waals surface area contributed by atoms with Crippen LogP contribution in [0, 0.1) is 52.4 Å². The van der Waals surface area contributed by atoms with E-state index >= 15 is 0 Å². The summed E-state index contributed by atoms with van der Waals surface area (Å²) in [5.74, 6) is 0. The van der Waals surface area contributed by atoms with Crippen molar-refractivity contribution in [3.63, 3.8) is 0 Å². The van der Waals surface area contributed by atoms with E-state index in [1.54, 1.807) is 0 Å². The van der Waals surface area contributed by atoms with Crippen LogP contribution in [0.15, 0.2) is 36.4 Å². The Balaban J connectivity index is 0. The van der Waals surface area contributed by atoms with Gasteiger partial charge in [0.15, 0.2) is 0 Å². The van der Waals surface area contributed by atoms with E-state index in [1.165, 1.54) is 33.4 Å². The van der Waals surface area contributed by atoms with Crippen molar-refractivity contribution >= 4 is 12.2 Å². The minimum atomic E-state index is 0.750. The molecule has 0 aliphatic heterocycles. The molecule has 0 unspecified atom stereocenters. The molecule has 2 aromatic carbocycles. The van der Waals surface area contributed by atoms with Gasteiger partial charge in [-0.15, -0.1) is 0 Å². The predicted molar refractivity (Wildman–Crippen MR) is 98.1 cm³/mol. The Labute approximate surface area is 144 Å². The molecule has 0 atom stereocenters. The fraction of sp³-hybridized carbons (Fsp3) is 0.300. The summed E-state index contributed by atoms with van der Waals surface area (Å²) in [6.45, 7) is 12.9. The lowest BCUT2D eigenvalue weighted by Gasteiger charge is -2.06. The number of hydrogen-bond donors (Lipinski definition) is 2. The molecule has 0 fully saturated rings. The second-order valence-electron chi connectivity index (χ2n) is 5.24. The molecule has 0 spiro atoms. The van der Waals surface area contributed by atoms with Gasteiger partial charge in [-0.25, -0.2) is 20.4 Å². The van der Waals surface area contributed by atoms with Crippen molar-refractivity contribution in [1.82, 2.24) is 0 Å². The van der Waals surface area contributed by atoms with Crippen molar-refractivity contribution in [2.75, 3.05) is 0 Å². The molecule has 0 heterocycles. The third-order valence-electron chi connectivity index (χ3n) is 3.75. The summed E-state index contributed by atoms with van der Waals surface area (Å²) in [6.07, 6.45) is 1.50. The number of carbonyl (C=O) groups excluding carboxylic acids is 2. The van der Waals surface area contributed by atoms with Gasteiger partial charge in [-0.2, -0.15) is 0 Å². The minimum absolute atomic E-state index is 0.750. The maximum Gasteiger partial charge on any atom is 0.231 e. The van der Waals surface area contributed by atoms with Crippen molar-refractivity contribution < 1.29 is 9.59 Å². The first kappa shape index (κ1) is 23.5. The van der Waals surface area contributed by atoms with Gasteiger partial charge in [0.1, 0.15) is 0 Å². The average molecular weight is 326 g/mol. The molecule has 2 rings (SSSR count). The minimum Gasteiger partial charge on any atom is -0.222 e. The molecule has 0 aromatic heterocycles. The Hall–Kier alpha value is -2.80. The quantitative estimate of drug-likeness (QED) is 0.526. The van der Waals surface area contributed by atoms with Crippen LogP contribution in [0.25, 0.3) is 0 Å². The fourth-order valence-electron chi connectivity index (χ4n) is 1.75. The van der Waals surface area contributed by atoms with Gasteiger partial charge in [0.05, 0.1) is 0 Å². The molecule has 2 aromatic rings. The summed E-state index contributed by atoms with van der Waals surface area (Å²) >= 11 is 0. The molecule has 0 saturated heterocycles. The van der Waals surface area contributed by atoms with Crippen LogP contribution in [0.3, 0.4) is 0 Å². The van der Waals surface area contributed by atoms with Crippen molar-refractivity contribution in [2.45, 2.75) is 41.5 Å². The summed E-state index contributed by atoms with van der Waals surface area (Å²) in [4.78, 5) is 16.7. The molecule has 0 aliphatic carbocycles. The number of hydrogen-bond acceptors (Lipinski definition) is 4. The van der Waals surface area contributed by atoms with Crippen molar-refractivity contribution in [1.29, 1.82) is 10.8 Å². The van der Waals surface area contributed by atoms with Crippen molar-refractivity contribution in [2.24, 2.45) is 0 Å². The zero-order valence-electron chi connectivity index (χ0n) is 15.3. The normalized spacial score (nSPS) is 7.92. The Morgan fingerprint density at radius 2 is 0.833 bits per heavy atom. The Bertz CT molecular complexity index is 635. The van der Waals surface area contributed by atoms with E-state index in [9.17, 15) is 0 Å². The summed E-state index contributed by atoms with van der Waals surface area (Å²) in [5.41, 5.74) is 8.38. The first-order valence-corrected chi connectivity index (χ1v) is 7.40. The molecule has 0 aliphatic rings. The van der Waals surface area contributed by atoms with E-state index in [0.717, 1.165) is 12.2 Å². The van der Waals surface area contributed by atoms with E-state index in [-0.39, 0.29) is 0 Å². The van der Waals surface area contributed by atoms with Crippen LogP contribution in [-0.4, -0.2) is 12.2 Å². The fourth-order valence-corrected chi connectivity index (χ4v) is 1.75. The Kier molecular flexibility index (Phi) is 13.5. The standard InChI is InChI=1S/C10H14.C8H10.2CHNO/c1-7-5-6-8(2)10(4)9(7)3;1-7-5-3-4-6-8(7)2;2*2-1-3/h5-6H,1-4H3;3-6H,1-2H3;2*2H. The van der Waals surface area contributed by atoms with E-state index in [0.29, 0.717) is 0 Å². The summed E-state index contributed by atoms with van der Waals surface area (Å²) in [6, 6.07) is 12.7. The molecule has 2 N–H and O–H groups in total. The van der Waals surface area contributed by atoms with Crippen LogP contribution in [0.4, 0.5) is 0 Å². The predicted octanol–water partition coefficient (Wildman–Crippen LogP) is 5.03. The molecule has 0 amide bonds. The van der Waals surface area contributed by atoms with Gasteiger partial charge in [-0.05, 0) is 74.9 Å². The topological polar surface area (TPSA) is 81.8 Å². The Morgan fingerprint density at radius 3 is 1.04 bits per heavy atom. The van der Waals surface area contributed by atoms with Crippen LogP contribution in [0.5, 0.6) is 0 Å². The number of rotatable bonds is 0. The van der Waals surface area contributed by atoms with Gasteiger partial charge in [-0.3, -0.25) is 0 Å². The van der Waals surface area contributed by atoms with Gasteiger partial charge >= 0.3 is 0 Å². The molecule has 0 radical (unpaired) electrons. The summed E-state index contributed by atoms with van der Waals surface area (Å²) in [5, 5.41) is 10.8. The smallest absolute Gasteiger partial charge is 0.222 e. The first-order chi connectivity index (χ1) is 11.3. The highest BCUT2D eigenvalue weighted by molar-refractivity contribution is 5.37. The molecule has 128 valence electrons. The van der Waals surface area contributed by atoms with Gasteiger partial charge in [0.25, 0.3) is 0 Å². The molecule has 0 bridgehead atoms. The highest BCUT2D eigenvalue weighted by Crippen LogP contribution is 2.15. The maximum atomic E-state index is 8.35. The maximum absolute atomic E-state index is 8.35. The Morgan fingerprint density at radius 1 is 0.583 bits per heavy atom. The number of nitrogens with one attached hydrogen (secondary N) is 2. The van der Waals surface area contributed by atoms with Crippen LogP contribution in [-0.2, 0) is 9.59 Å². The molecular weight excluding hydrogens is 300 g/mol. The van der Waals surface area contributed by atoms with Crippen molar-refractivity contribution in [3.05, 3.63) is 69.8 Å². The SMILES string of the molecule is Cc1ccc(C)c(C)c1C.Cc1ccccc1C.N=C=O.N=C=O. The lowest BCUT2D eigenvalue weighted by Crippen LogP contribution is -1.88. The molecule has 0 saturated carbocycles. The second-order valence-corrected chi connectivity index (χ2v) is 5.24. The van der Waals surface area contributed by atoms with E-state index < -0.39 is 0 Å². The van der Waals surface area contributed by atoms with Gasteiger partial charge in [0.2, 0.25) is 12.2 Å². The lowest BCUT2D eigenvalue weighted by molar-refractivity contribution is 0.562. The zero-order chi connectivity index (χ0) is 19.1. The molecule has 4 nitrogen and oxygen atoms in total. The highest BCUT2D eigenvalue weighted by atomic mass is 16.1. The molecular formula is C20H26N2O2. The van der Waals surface area contributed by atoms with E-state index in [4.69, 9.17) is 20.4 Å². The molecule has 24 heavy (non-hydrogen) atoms. The summed E-state index contributed by atoms with van der Waals surface area (Å²) in [7, 11) is 0. The largest absolute Gasteiger partial charge is 0.231 e. The number of aryl methyl sites for hydroxylation is 4. The monoisotopic (exact) mass is 326 g/mol. The van der Waals surface area contributed by atoms with Crippen molar-refractivity contribution in [3.8, 4) is 0 Å². The summed E-state index contributed by atoms with van der Waals surface area (Å²) < 4.78 is 0. The average Bonchev–Trinajstić information content (AvgIpc) is 2.54. The third-order valence-corrected chi connectivity index (χ3v) is 3.75. The second kappa shape index (κ2) is 13.8. The van der Waals surface area contributed by atoms with Gasteiger partial charge < -0.3 is 0 Å². The van der Waals surface area contributed by atoms with E-state index in [1.807, 2.05) is 0 Å². The zero-order valence-corrected chi connectivity index (χ0v) is 15.3. The highest BCUT2D eigenvalue weighted by Gasteiger charge is 1.97. The molecule has 4 heteroatoms. The van der Waals surface area contributed by atoms with Gasteiger partial charge in [-0.1, -0.05) is 36.4 Å². The van der Waals surface area contributed by atoms with E-state index in [2.05, 4.69) is 77.9 Å². The lowest BCUT2D eigenvalue weighted by atomic mass is 10.0. The van der Waals surface area contributed by atoms with Crippen LogP contribution in [0.2, 0.25) is 0 Å². The van der Waals surface area contributed by atoms with Crippen LogP contribution in [0.1, 0.15) is 33.4 Å². The third kappa shape index (κ3) is 10.0.